The van der Waals surface area contributed by atoms with E-state index in [-0.39, 0.29) is 5.84 Å². The van der Waals surface area contributed by atoms with Crippen molar-refractivity contribution in [3.63, 3.8) is 0 Å². The predicted octanol–water partition coefficient (Wildman–Crippen LogP) is 2.74. The van der Waals surface area contributed by atoms with E-state index in [0.29, 0.717) is 5.56 Å². The van der Waals surface area contributed by atoms with Crippen LogP contribution in [0.5, 0.6) is 0 Å². The lowest BCUT2D eigenvalue weighted by atomic mass is 10.2. The van der Waals surface area contributed by atoms with E-state index in [9.17, 15) is 0 Å². The number of rotatable bonds is 3. The number of nitrogens with one attached hydrogen (secondary N) is 1. The Kier molecular flexibility index (Phi) is 3.57. The van der Waals surface area contributed by atoms with Crippen LogP contribution < -0.4 is 5.73 Å². The van der Waals surface area contributed by atoms with Gasteiger partial charge in [0, 0.05) is 14.9 Å². The van der Waals surface area contributed by atoms with Crippen LogP contribution in [-0.4, -0.2) is 15.2 Å². The van der Waals surface area contributed by atoms with Gasteiger partial charge in [-0.15, -0.1) is 0 Å². The van der Waals surface area contributed by atoms with E-state index in [0.717, 1.165) is 13.7 Å². The molecule has 2 aromatic rings. The van der Waals surface area contributed by atoms with Crippen LogP contribution in [-0.2, 0) is 0 Å². The second-order valence-corrected chi connectivity index (χ2v) is 5.85. The number of hydrogen-bond acceptors (Lipinski definition) is 5. The first kappa shape index (κ1) is 11.6. The smallest absolute Gasteiger partial charge is 0.174 e. The normalized spacial score (nSPS) is 10.3. The first-order valence-electron chi connectivity index (χ1n) is 4.25. The van der Waals surface area contributed by atoms with Gasteiger partial charge in [-0.25, -0.2) is 4.98 Å². The van der Waals surface area contributed by atoms with Gasteiger partial charge in [-0.3, -0.25) is 5.41 Å². The van der Waals surface area contributed by atoms with Crippen molar-refractivity contribution in [2.75, 3.05) is 0 Å². The van der Waals surface area contributed by atoms with E-state index in [1.165, 1.54) is 29.6 Å². The van der Waals surface area contributed by atoms with Crippen LogP contribution in [0.2, 0.25) is 0 Å². The zero-order valence-electron chi connectivity index (χ0n) is 7.98. The standard InChI is InChI=1S/C9H7BrN4S2/c10-5-1-2-7(6(3-5)8(11)12)15-9-13-4-14-16-9/h1-4H,(H3,11,12). The molecule has 0 bridgehead atoms. The van der Waals surface area contributed by atoms with Crippen molar-refractivity contribution in [2.24, 2.45) is 5.73 Å². The van der Waals surface area contributed by atoms with E-state index < -0.39 is 0 Å². The minimum absolute atomic E-state index is 0.0494. The fourth-order valence-corrected chi connectivity index (χ4v) is 2.99. The van der Waals surface area contributed by atoms with Crippen LogP contribution in [0.1, 0.15) is 5.56 Å². The van der Waals surface area contributed by atoms with Crippen LogP contribution in [0.4, 0.5) is 0 Å². The lowest BCUT2D eigenvalue weighted by Crippen LogP contribution is -2.12. The summed E-state index contributed by atoms with van der Waals surface area (Å²) in [5, 5.41) is 7.51. The van der Waals surface area contributed by atoms with Crippen molar-refractivity contribution in [3.05, 3.63) is 34.6 Å². The van der Waals surface area contributed by atoms with Crippen molar-refractivity contribution in [2.45, 2.75) is 9.24 Å². The van der Waals surface area contributed by atoms with E-state index >= 15 is 0 Å². The number of benzene rings is 1. The number of nitrogens with zero attached hydrogens (tertiary/aromatic N) is 2. The number of nitrogens with two attached hydrogens (primary N) is 1. The number of amidine groups is 1. The summed E-state index contributed by atoms with van der Waals surface area (Å²) in [5.74, 6) is 0.0494. The van der Waals surface area contributed by atoms with Crippen molar-refractivity contribution in [3.8, 4) is 0 Å². The van der Waals surface area contributed by atoms with Crippen molar-refractivity contribution < 1.29 is 0 Å². The van der Waals surface area contributed by atoms with Gasteiger partial charge >= 0.3 is 0 Å². The molecule has 0 aliphatic carbocycles. The first-order chi connectivity index (χ1) is 7.66. The monoisotopic (exact) mass is 314 g/mol. The molecule has 0 unspecified atom stereocenters. The van der Waals surface area contributed by atoms with Gasteiger partial charge in [0.05, 0.1) is 0 Å². The van der Waals surface area contributed by atoms with E-state index in [1.807, 2.05) is 18.2 Å². The molecule has 0 aliphatic heterocycles. The molecule has 0 radical (unpaired) electrons. The minimum Gasteiger partial charge on any atom is -0.384 e. The number of nitrogen functional groups attached to an aromatic ring is 1. The molecule has 0 spiro atoms. The maximum absolute atomic E-state index is 7.51. The van der Waals surface area contributed by atoms with Crippen molar-refractivity contribution >= 4 is 45.1 Å². The summed E-state index contributed by atoms with van der Waals surface area (Å²) in [4.78, 5) is 4.99. The molecule has 1 aromatic heterocycles. The SMILES string of the molecule is N=C(N)c1cc(Br)ccc1Sc1ncns1. The highest BCUT2D eigenvalue weighted by Gasteiger charge is 2.09. The van der Waals surface area contributed by atoms with Crippen molar-refractivity contribution in [1.29, 1.82) is 5.41 Å². The molecule has 1 aromatic carbocycles. The summed E-state index contributed by atoms with van der Waals surface area (Å²) in [6, 6.07) is 5.65. The number of aromatic nitrogens is 2. The molecule has 82 valence electrons. The zero-order valence-corrected chi connectivity index (χ0v) is 11.2. The Morgan fingerprint density at radius 3 is 2.94 bits per heavy atom. The summed E-state index contributed by atoms with van der Waals surface area (Å²) in [6.45, 7) is 0. The molecule has 16 heavy (non-hydrogen) atoms. The molecule has 0 saturated carbocycles. The van der Waals surface area contributed by atoms with Crippen LogP contribution in [0, 0.1) is 5.41 Å². The Morgan fingerprint density at radius 1 is 1.50 bits per heavy atom. The Labute approximate surface area is 109 Å². The average molecular weight is 315 g/mol. The second-order valence-electron chi connectivity index (χ2n) is 2.86. The molecule has 2 rings (SSSR count). The maximum Gasteiger partial charge on any atom is 0.174 e. The summed E-state index contributed by atoms with van der Waals surface area (Å²) in [6.07, 6.45) is 1.51. The van der Waals surface area contributed by atoms with Gasteiger partial charge < -0.3 is 5.73 Å². The van der Waals surface area contributed by atoms with Gasteiger partial charge in [0.15, 0.2) is 4.34 Å². The summed E-state index contributed by atoms with van der Waals surface area (Å²) in [7, 11) is 0. The highest BCUT2D eigenvalue weighted by atomic mass is 79.9. The van der Waals surface area contributed by atoms with E-state index in [1.54, 1.807) is 0 Å². The van der Waals surface area contributed by atoms with Gasteiger partial charge in [0.25, 0.3) is 0 Å². The summed E-state index contributed by atoms with van der Waals surface area (Å²) < 4.78 is 5.67. The molecular formula is C9H7BrN4S2. The third kappa shape index (κ3) is 2.60. The lowest BCUT2D eigenvalue weighted by molar-refractivity contribution is 1.21. The fraction of sp³-hybridized carbons (Fsp3) is 0. The average Bonchev–Trinajstić information content (AvgIpc) is 2.73. The highest BCUT2D eigenvalue weighted by Crippen LogP contribution is 2.32. The third-order valence-corrected chi connectivity index (χ3v) is 4.05. The molecule has 0 saturated heterocycles. The largest absolute Gasteiger partial charge is 0.384 e. The molecule has 0 fully saturated rings. The van der Waals surface area contributed by atoms with E-state index in [4.69, 9.17) is 11.1 Å². The third-order valence-electron chi connectivity index (χ3n) is 1.77. The van der Waals surface area contributed by atoms with Gasteiger partial charge in [-0.05, 0) is 29.7 Å². The van der Waals surface area contributed by atoms with Gasteiger partial charge in [-0.2, -0.15) is 4.37 Å². The summed E-state index contributed by atoms with van der Waals surface area (Å²) >= 11 is 6.14. The second kappa shape index (κ2) is 4.94. The van der Waals surface area contributed by atoms with Crippen LogP contribution in [0.3, 0.4) is 0 Å². The van der Waals surface area contributed by atoms with Crippen LogP contribution >= 0.6 is 39.2 Å². The molecule has 0 amide bonds. The summed E-state index contributed by atoms with van der Waals surface area (Å²) in [5.41, 5.74) is 6.23. The molecule has 0 atom stereocenters. The molecule has 0 aliphatic rings. The van der Waals surface area contributed by atoms with Crippen molar-refractivity contribution in [1.82, 2.24) is 9.36 Å². The topological polar surface area (TPSA) is 75.7 Å². The molecular weight excluding hydrogens is 308 g/mol. The molecule has 3 N–H and O–H groups in total. The van der Waals surface area contributed by atoms with Gasteiger partial charge in [0.2, 0.25) is 0 Å². The predicted molar refractivity (Wildman–Crippen MR) is 69.2 cm³/mol. The van der Waals surface area contributed by atoms with Crippen LogP contribution in [0.25, 0.3) is 0 Å². The Balaban J connectivity index is 2.36. The first-order valence-corrected chi connectivity index (χ1v) is 6.63. The van der Waals surface area contributed by atoms with Gasteiger partial charge in [0.1, 0.15) is 12.2 Å². The molecule has 7 heteroatoms. The Hall–Kier alpha value is -0.920. The number of hydrogen-bond donors (Lipinski definition) is 2. The lowest BCUT2D eigenvalue weighted by Gasteiger charge is -2.06. The number of halogens is 1. The zero-order chi connectivity index (χ0) is 11.5. The Morgan fingerprint density at radius 2 is 2.31 bits per heavy atom. The highest BCUT2D eigenvalue weighted by molar-refractivity contribution is 9.10. The molecule has 4 nitrogen and oxygen atoms in total. The Bertz CT molecular complexity index is 512. The van der Waals surface area contributed by atoms with Gasteiger partial charge in [-0.1, -0.05) is 27.7 Å². The maximum atomic E-state index is 7.51. The fourth-order valence-electron chi connectivity index (χ4n) is 1.10. The van der Waals surface area contributed by atoms with Crippen LogP contribution in [0.15, 0.2) is 38.2 Å². The van der Waals surface area contributed by atoms with E-state index in [2.05, 4.69) is 25.3 Å². The quantitative estimate of drug-likeness (QED) is 0.674. The molecule has 1 heterocycles. The minimum atomic E-state index is 0.0494.